The topological polar surface area (TPSA) is 39.2 Å². The standard InChI is InChI=1S/C12H10BrClFNO/c1-6-4-5-17-12(6)11(16)7-2-3-8(13)9(14)10(7)15/h2-5,11H,16H2,1H3. The lowest BCUT2D eigenvalue weighted by Gasteiger charge is -2.13. The van der Waals surface area contributed by atoms with Gasteiger partial charge >= 0.3 is 0 Å². The molecule has 2 N–H and O–H groups in total. The van der Waals surface area contributed by atoms with Gasteiger partial charge < -0.3 is 10.2 Å². The van der Waals surface area contributed by atoms with Crippen LogP contribution < -0.4 is 5.73 Å². The molecule has 1 unspecified atom stereocenters. The zero-order chi connectivity index (χ0) is 12.6. The lowest BCUT2D eigenvalue weighted by atomic mass is 10.0. The molecule has 5 heteroatoms. The van der Waals surface area contributed by atoms with Gasteiger partial charge in [-0.05, 0) is 40.5 Å². The molecule has 2 nitrogen and oxygen atoms in total. The Hall–Kier alpha value is -0.840. The molecule has 1 heterocycles. The number of benzene rings is 1. The van der Waals surface area contributed by atoms with E-state index in [-0.39, 0.29) is 5.02 Å². The van der Waals surface area contributed by atoms with Gasteiger partial charge in [0.05, 0.1) is 17.3 Å². The van der Waals surface area contributed by atoms with E-state index >= 15 is 0 Å². The molecule has 0 aliphatic heterocycles. The Morgan fingerprint density at radius 1 is 1.41 bits per heavy atom. The number of furan rings is 1. The molecular weight excluding hydrogens is 308 g/mol. The quantitative estimate of drug-likeness (QED) is 0.843. The van der Waals surface area contributed by atoms with Crippen LogP contribution in [0.15, 0.2) is 33.4 Å². The summed E-state index contributed by atoms with van der Waals surface area (Å²) in [6, 6.07) is 4.39. The first-order chi connectivity index (χ1) is 8.02. The summed E-state index contributed by atoms with van der Waals surface area (Å²) in [5.41, 5.74) is 7.17. The van der Waals surface area contributed by atoms with Gasteiger partial charge in [0.1, 0.15) is 11.6 Å². The first-order valence-electron chi connectivity index (χ1n) is 4.95. The molecule has 2 rings (SSSR count). The Labute approximate surface area is 112 Å². The Morgan fingerprint density at radius 2 is 2.12 bits per heavy atom. The molecule has 2 aromatic rings. The van der Waals surface area contributed by atoms with Crippen LogP contribution >= 0.6 is 27.5 Å². The molecule has 90 valence electrons. The highest BCUT2D eigenvalue weighted by atomic mass is 79.9. The van der Waals surface area contributed by atoms with E-state index in [2.05, 4.69) is 15.9 Å². The first-order valence-corrected chi connectivity index (χ1v) is 6.12. The SMILES string of the molecule is Cc1ccoc1C(N)c1ccc(Br)c(Cl)c1F. The Morgan fingerprint density at radius 3 is 2.71 bits per heavy atom. The minimum Gasteiger partial charge on any atom is -0.467 e. The molecule has 1 aromatic heterocycles. The van der Waals surface area contributed by atoms with Crippen LogP contribution in [-0.2, 0) is 0 Å². The molecule has 0 spiro atoms. The van der Waals surface area contributed by atoms with Crippen LogP contribution in [0.1, 0.15) is 22.9 Å². The third-order valence-electron chi connectivity index (χ3n) is 2.58. The number of halogens is 3. The van der Waals surface area contributed by atoms with Gasteiger partial charge in [0.25, 0.3) is 0 Å². The van der Waals surface area contributed by atoms with Gasteiger partial charge in [0, 0.05) is 10.0 Å². The van der Waals surface area contributed by atoms with Crippen LogP contribution in [0.2, 0.25) is 5.02 Å². The van der Waals surface area contributed by atoms with E-state index in [4.69, 9.17) is 21.8 Å². The minimum atomic E-state index is -0.657. The summed E-state index contributed by atoms with van der Waals surface area (Å²) in [7, 11) is 0. The van der Waals surface area contributed by atoms with Crippen LogP contribution in [0.3, 0.4) is 0 Å². The maximum atomic E-state index is 14.0. The van der Waals surface area contributed by atoms with E-state index < -0.39 is 11.9 Å². The largest absolute Gasteiger partial charge is 0.467 e. The summed E-state index contributed by atoms with van der Waals surface area (Å²) in [5, 5.41) is 0.0298. The molecular formula is C12H10BrClFNO. The van der Waals surface area contributed by atoms with Crippen LogP contribution in [0.25, 0.3) is 0 Å². The highest BCUT2D eigenvalue weighted by molar-refractivity contribution is 9.10. The van der Waals surface area contributed by atoms with E-state index in [1.165, 1.54) is 6.26 Å². The van der Waals surface area contributed by atoms with Gasteiger partial charge in [-0.25, -0.2) is 4.39 Å². The zero-order valence-corrected chi connectivity index (χ0v) is 11.3. The summed E-state index contributed by atoms with van der Waals surface area (Å²) >= 11 is 8.98. The third kappa shape index (κ3) is 2.25. The average Bonchev–Trinajstić information content (AvgIpc) is 2.72. The Bertz CT molecular complexity index is 555. The molecule has 0 saturated heterocycles. The maximum Gasteiger partial charge on any atom is 0.148 e. The molecule has 17 heavy (non-hydrogen) atoms. The van der Waals surface area contributed by atoms with Gasteiger partial charge in [0.2, 0.25) is 0 Å². The second-order valence-corrected chi connectivity index (χ2v) is 4.94. The number of rotatable bonds is 2. The Kier molecular flexibility index (Phi) is 3.56. The van der Waals surface area contributed by atoms with E-state index in [1.807, 2.05) is 6.92 Å². The molecule has 1 aromatic carbocycles. The van der Waals surface area contributed by atoms with Crippen LogP contribution in [0.5, 0.6) is 0 Å². The zero-order valence-electron chi connectivity index (χ0n) is 9.01. The highest BCUT2D eigenvalue weighted by Crippen LogP contribution is 2.32. The summed E-state index contributed by atoms with van der Waals surface area (Å²) in [6.07, 6.45) is 1.53. The van der Waals surface area contributed by atoms with E-state index in [0.717, 1.165) is 5.56 Å². The molecule has 0 bridgehead atoms. The van der Waals surface area contributed by atoms with Gasteiger partial charge in [-0.3, -0.25) is 0 Å². The first kappa shape index (κ1) is 12.6. The van der Waals surface area contributed by atoms with Crippen molar-refractivity contribution in [1.82, 2.24) is 0 Å². The predicted octanol–water partition coefficient (Wildman–Crippen LogP) is 4.19. The molecule has 1 atom stereocenters. The lowest BCUT2D eigenvalue weighted by Crippen LogP contribution is -2.14. The average molecular weight is 319 g/mol. The summed E-state index contributed by atoms with van der Waals surface area (Å²) in [4.78, 5) is 0. The van der Waals surface area contributed by atoms with Gasteiger partial charge in [-0.1, -0.05) is 17.7 Å². The lowest BCUT2D eigenvalue weighted by molar-refractivity contribution is 0.477. The van der Waals surface area contributed by atoms with E-state index in [9.17, 15) is 4.39 Å². The van der Waals surface area contributed by atoms with Crippen molar-refractivity contribution in [2.24, 2.45) is 5.73 Å². The van der Waals surface area contributed by atoms with Crippen molar-refractivity contribution >= 4 is 27.5 Å². The van der Waals surface area contributed by atoms with Crippen molar-refractivity contribution in [3.05, 3.63) is 56.7 Å². The number of hydrogen-bond acceptors (Lipinski definition) is 2. The normalized spacial score (nSPS) is 12.8. The number of nitrogens with two attached hydrogens (primary N) is 1. The van der Waals surface area contributed by atoms with E-state index in [1.54, 1.807) is 18.2 Å². The Balaban J connectivity index is 2.48. The van der Waals surface area contributed by atoms with Crippen LogP contribution in [0, 0.1) is 12.7 Å². The summed E-state index contributed by atoms with van der Waals surface area (Å²) in [6.45, 7) is 1.86. The molecule has 0 amide bonds. The van der Waals surface area contributed by atoms with E-state index in [0.29, 0.717) is 15.8 Å². The van der Waals surface area contributed by atoms with Gasteiger partial charge in [-0.2, -0.15) is 0 Å². The molecule has 0 aliphatic carbocycles. The molecule has 0 aliphatic rings. The van der Waals surface area contributed by atoms with Gasteiger partial charge in [0.15, 0.2) is 0 Å². The predicted molar refractivity (Wildman–Crippen MR) is 68.6 cm³/mol. The van der Waals surface area contributed by atoms with Crippen molar-refractivity contribution < 1.29 is 8.81 Å². The van der Waals surface area contributed by atoms with Crippen molar-refractivity contribution in [1.29, 1.82) is 0 Å². The second kappa shape index (κ2) is 4.80. The van der Waals surface area contributed by atoms with Crippen molar-refractivity contribution in [2.75, 3.05) is 0 Å². The highest BCUT2D eigenvalue weighted by Gasteiger charge is 2.20. The fourth-order valence-corrected chi connectivity index (χ4v) is 2.10. The molecule has 0 fully saturated rings. The number of aryl methyl sites for hydroxylation is 1. The van der Waals surface area contributed by atoms with Gasteiger partial charge in [-0.15, -0.1) is 0 Å². The van der Waals surface area contributed by atoms with Crippen molar-refractivity contribution in [2.45, 2.75) is 13.0 Å². The van der Waals surface area contributed by atoms with Crippen molar-refractivity contribution in [3.8, 4) is 0 Å². The number of hydrogen-bond donors (Lipinski definition) is 1. The fourth-order valence-electron chi connectivity index (χ4n) is 1.63. The van der Waals surface area contributed by atoms with Crippen LogP contribution in [0.4, 0.5) is 4.39 Å². The summed E-state index contributed by atoms with van der Waals surface area (Å²) in [5.74, 6) is 0.0200. The maximum absolute atomic E-state index is 14.0. The monoisotopic (exact) mass is 317 g/mol. The second-order valence-electron chi connectivity index (χ2n) is 3.71. The summed E-state index contributed by atoms with van der Waals surface area (Å²) < 4.78 is 19.7. The minimum absolute atomic E-state index is 0.0298. The third-order valence-corrected chi connectivity index (χ3v) is 3.84. The fraction of sp³-hybridized carbons (Fsp3) is 0.167. The molecule has 0 saturated carbocycles. The van der Waals surface area contributed by atoms with Crippen molar-refractivity contribution in [3.63, 3.8) is 0 Å². The smallest absolute Gasteiger partial charge is 0.148 e. The molecule has 0 radical (unpaired) electrons. The van der Waals surface area contributed by atoms with Crippen LogP contribution in [-0.4, -0.2) is 0 Å².